The normalized spacial score (nSPS) is 12.4. The highest BCUT2D eigenvalue weighted by Crippen LogP contribution is 2.21. The van der Waals surface area contributed by atoms with Gasteiger partial charge in [-0.1, -0.05) is 111 Å². The van der Waals surface area contributed by atoms with E-state index >= 15 is 0 Å². The molecule has 1 N–H and O–H groups in total. The average Bonchev–Trinajstić information content (AvgIpc) is 2.74. The van der Waals surface area contributed by atoms with Crippen molar-refractivity contribution < 1.29 is 23.8 Å². The summed E-state index contributed by atoms with van der Waals surface area (Å²) in [6.07, 6.45) is 17.4. The number of amides is 1. The molecule has 0 spiro atoms. The second-order valence-corrected chi connectivity index (χ2v) is 9.84. The predicted octanol–water partition coefficient (Wildman–Crippen LogP) is 6.80. The van der Waals surface area contributed by atoms with E-state index in [0.717, 1.165) is 12.8 Å². The summed E-state index contributed by atoms with van der Waals surface area (Å²) in [5.74, 6) is -0.407. The van der Waals surface area contributed by atoms with Crippen LogP contribution in [0.3, 0.4) is 0 Å². The lowest BCUT2D eigenvalue weighted by Gasteiger charge is -2.29. The van der Waals surface area contributed by atoms with Crippen LogP contribution in [0, 0.1) is 5.41 Å². The summed E-state index contributed by atoms with van der Waals surface area (Å²) in [7, 11) is 1.54. The maximum absolute atomic E-state index is 12.5. The molecule has 0 radical (unpaired) electrons. The molecular weight excluding hydrogens is 406 g/mol. The maximum Gasteiger partial charge on any atom is 0.407 e. The van der Waals surface area contributed by atoms with Gasteiger partial charge in [0.05, 0.1) is 13.2 Å². The summed E-state index contributed by atoms with van der Waals surface area (Å²) in [4.78, 5) is 24.4. The second-order valence-electron chi connectivity index (χ2n) is 9.84. The largest absolute Gasteiger partial charge is 0.464 e. The van der Waals surface area contributed by atoms with E-state index in [-0.39, 0.29) is 6.61 Å². The number of esters is 1. The number of methoxy groups -OCH3 is 1. The first kappa shape index (κ1) is 30.7. The molecule has 0 aromatic rings. The fourth-order valence-corrected chi connectivity index (χ4v) is 3.56. The highest BCUT2D eigenvalue weighted by atomic mass is 16.6. The molecule has 0 aromatic carbocycles. The lowest BCUT2D eigenvalue weighted by molar-refractivity contribution is -0.149. The third kappa shape index (κ3) is 18.3. The summed E-state index contributed by atoms with van der Waals surface area (Å²) in [6.45, 7) is 8.79. The Balaban J connectivity index is 3.76. The number of carbonyl (C=O) groups is 2. The molecule has 0 saturated carbocycles. The van der Waals surface area contributed by atoms with Gasteiger partial charge in [-0.25, -0.2) is 9.59 Å². The van der Waals surface area contributed by atoms with E-state index in [1.165, 1.54) is 84.2 Å². The van der Waals surface area contributed by atoms with Crippen molar-refractivity contribution in [1.82, 2.24) is 5.32 Å². The first-order valence-electron chi connectivity index (χ1n) is 12.9. The Morgan fingerprint density at radius 3 is 1.59 bits per heavy atom. The molecule has 0 aliphatic heterocycles. The van der Waals surface area contributed by atoms with Gasteiger partial charge in [0.2, 0.25) is 0 Å². The van der Waals surface area contributed by atoms with Crippen molar-refractivity contribution in [2.24, 2.45) is 5.41 Å². The zero-order valence-electron chi connectivity index (χ0n) is 21.6. The minimum absolute atomic E-state index is 0.146. The first-order chi connectivity index (χ1) is 15.3. The molecule has 0 rings (SSSR count). The van der Waals surface area contributed by atoms with Gasteiger partial charge in [0.15, 0.2) is 0 Å². The van der Waals surface area contributed by atoms with Crippen LogP contribution < -0.4 is 5.32 Å². The lowest BCUT2D eigenvalue weighted by Crippen LogP contribution is -2.50. The molecule has 1 amide bonds. The van der Waals surface area contributed by atoms with Crippen molar-refractivity contribution in [3.05, 3.63) is 0 Å². The number of unbranched alkanes of at least 4 members (excludes halogenated alkanes) is 13. The highest BCUT2D eigenvalue weighted by Gasteiger charge is 2.34. The predicted molar refractivity (Wildman–Crippen MR) is 131 cm³/mol. The van der Waals surface area contributed by atoms with E-state index in [4.69, 9.17) is 14.2 Å². The van der Waals surface area contributed by atoms with Gasteiger partial charge < -0.3 is 19.5 Å². The van der Waals surface area contributed by atoms with Crippen molar-refractivity contribution in [3.8, 4) is 0 Å². The summed E-state index contributed by atoms with van der Waals surface area (Å²) >= 11 is 0. The molecule has 0 aromatic heterocycles. The molecule has 0 saturated heterocycles. The monoisotopic (exact) mass is 457 g/mol. The molecule has 0 bridgehead atoms. The number of hydrogen-bond acceptors (Lipinski definition) is 5. The number of alkyl carbamates (subject to hydrolysis) is 1. The molecule has 6 heteroatoms. The average molecular weight is 458 g/mol. The Hall–Kier alpha value is -1.30. The van der Waals surface area contributed by atoms with Crippen LogP contribution in [-0.2, 0) is 19.0 Å². The Morgan fingerprint density at radius 2 is 1.16 bits per heavy atom. The third-order valence-corrected chi connectivity index (χ3v) is 5.63. The van der Waals surface area contributed by atoms with Crippen molar-refractivity contribution in [2.75, 3.05) is 26.9 Å². The van der Waals surface area contributed by atoms with Crippen LogP contribution in [-0.4, -0.2) is 45.0 Å². The smallest absolute Gasteiger partial charge is 0.407 e. The van der Waals surface area contributed by atoms with Crippen LogP contribution in [0.5, 0.6) is 0 Å². The SMILES string of the molecule is CCCCCCCCCCCCCCCCOC(=O)C(NC(=O)OCCOC)C(C)(C)C. The fraction of sp³-hybridized carbons (Fsp3) is 0.923. The van der Waals surface area contributed by atoms with E-state index < -0.39 is 23.5 Å². The van der Waals surface area contributed by atoms with E-state index in [9.17, 15) is 9.59 Å². The molecule has 0 aliphatic carbocycles. The molecule has 0 heterocycles. The van der Waals surface area contributed by atoms with Crippen molar-refractivity contribution >= 4 is 12.1 Å². The number of rotatable bonds is 20. The van der Waals surface area contributed by atoms with Crippen molar-refractivity contribution in [2.45, 2.75) is 124 Å². The van der Waals surface area contributed by atoms with Crippen LogP contribution in [0.15, 0.2) is 0 Å². The Kier molecular flexibility index (Phi) is 19.5. The van der Waals surface area contributed by atoms with E-state index in [0.29, 0.717) is 13.2 Å². The molecule has 0 aliphatic rings. The molecule has 6 nitrogen and oxygen atoms in total. The molecule has 0 fully saturated rings. The van der Waals surface area contributed by atoms with Gasteiger partial charge in [0.25, 0.3) is 0 Å². The van der Waals surface area contributed by atoms with Gasteiger partial charge in [-0.05, 0) is 11.8 Å². The summed E-state index contributed by atoms with van der Waals surface area (Å²) in [6, 6.07) is -0.746. The van der Waals surface area contributed by atoms with Crippen LogP contribution in [0.25, 0.3) is 0 Å². The van der Waals surface area contributed by atoms with Gasteiger partial charge >= 0.3 is 12.1 Å². The van der Waals surface area contributed by atoms with Crippen LogP contribution >= 0.6 is 0 Å². The molecular formula is C26H51NO5. The highest BCUT2D eigenvalue weighted by molar-refractivity contribution is 5.82. The first-order valence-corrected chi connectivity index (χ1v) is 12.9. The zero-order valence-corrected chi connectivity index (χ0v) is 21.6. The Bertz CT molecular complexity index is 462. The zero-order chi connectivity index (χ0) is 24.1. The Morgan fingerprint density at radius 1 is 0.688 bits per heavy atom. The maximum atomic E-state index is 12.5. The number of nitrogens with one attached hydrogen (secondary N) is 1. The van der Waals surface area contributed by atoms with Gasteiger partial charge in [0, 0.05) is 7.11 Å². The molecule has 1 unspecified atom stereocenters. The summed E-state index contributed by atoms with van der Waals surface area (Å²) in [5.41, 5.74) is -0.465. The topological polar surface area (TPSA) is 73.9 Å². The van der Waals surface area contributed by atoms with Crippen molar-refractivity contribution in [3.63, 3.8) is 0 Å². The number of hydrogen-bond donors (Lipinski definition) is 1. The van der Waals surface area contributed by atoms with Crippen molar-refractivity contribution in [1.29, 1.82) is 0 Å². The quantitative estimate of drug-likeness (QED) is 0.161. The fourth-order valence-electron chi connectivity index (χ4n) is 3.56. The third-order valence-electron chi connectivity index (χ3n) is 5.63. The molecule has 190 valence electrons. The minimum atomic E-state index is -0.746. The number of ether oxygens (including phenoxy) is 3. The summed E-state index contributed by atoms with van der Waals surface area (Å²) < 4.78 is 15.3. The van der Waals surface area contributed by atoms with E-state index in [1.54, 1.807) is 0 Å². The minimum Gasteiger partial charge on any atom is -0.464 e. The van der Waals surface area contributed by atoms with Gasteiger partial charge in [-0.15, -0.1) is 0 Å². The number of carbonyl (C=O) groups excluding carboxylic acids is 2. The molecule has 1 atom stereocenters. The second kappa shape index (κ2) is 20.3. The van der Waals surface area contributed by atoms with E-state index in [1.807, 2.05) is 20.8 Å². The van der Waals surface area contributed by atoms with Gasteiger partial charge in [-0.2, -0.15) is 0 Å². The van der Waals surface area contributed by atoms with Crippen LogP contribution in [0.1, 0.15) is 118 Å². The molecule has 32 heavy (non-hydrogen) atoms. The Labute approximate surface area is 197 Å². The van der Waals surface area contributed by atoms with E-state index in [2.05, 4.69) is 12.2 Å². The van der Waals surface area contributed by atoms with Gasteiger partial charge in [-0.3, -0.25) is 0 Å². The standard InChI is InChI=1S/C26H51NO5/c1-6-7-8-9-10-11-12-13-14-15-16-17-18-19-20-31-24(28)23(26(2,3)4)27-25(29)32-22-21-30-5/h23H,6-22H2,1-5H3,(H,27,29). The van der Waals surface area contributed by atoms with Crippen LogP contribution in [0.2, 0.25) is 0 Å². The lowest BCUT2D eigenvalue weighted by atomic mass is 9.87. The summed E-state index contributed by atoms with van der Waals surface area (Å²) in [5, 5.41) is 2.63. The van der Waals surface area contributed by atoms with Crippen LogP contribution in [0.4, 0.5) is 4.79 Å². The van der Waals surface area contributed by atoms with Gasteiger partial charge in [0.1, 0.15) is 12.6 Å².